The van der Waals surface area contributed by atoms with Gasteiger partial charge in [0.05, 0.1) is 28.5 Å². The highest BCUT2D eigenvalue weighted by atomic mass is 32.1. The Bertz CT molecular complexity index is 1590. The Hall–Kier alpha value is -2.84. The van der Waals surface area contributed by atoms with Crippen LogP contribution in [0.5, 0.6) is 5.75 Å². The van der Waals surface area contributed by atoms with Crippen LogP contribution in [0.2, 0.25) is 0 Å². The molecule has 1 amide bonds. The monoisotopic (exact) mass is 715 g/mol. The number of aromatic hydroxyl groups is 1. The van der Waals surface area contributed by atoms with Crippen LogP contribution in [0.15, 0.2) is 22.3 Å². The first kappa shape index (κ1) is 37.4. The molecule has 11 nitrogen and oxygen atoms in total. The first-order chi connectivity index (χ1) is 23.5. The summed E-state index contributed by atoms with van der Waals surface area (Å²) in [5.41, 5.74) is 1.61. The maximum absolute atomic E-state index is 13.2. The number of carbonyl (C=O) groups excluding carboxylic acids is 2. The predicted molar refractivity (Wildman–Crippen MR) is 195 cm³/mol. The number of aromatic amines is 1. The molecule has 2 aliphatic rings. The van der Waals surface area contributed by atoms with Crippen molar-refractivity contribution in [2.75, 3.05) is 52.4 Å². The van der Waals surface area contributed by atoms with E-state index in [0.717, 1.165) is 68.2 Å². The number of morpholine rings is 1. The number of rotatable bonds is 17. The van der Waals surface area contributed by atoms with E-state index in [4.69, 9.17) is 9.47 Å². The van der Waals surface area contributed by atoms with Crippen LogP contribution < -0.4 is 10.2 Å². The zero-order valence-corrected chi connectivity index (χ0v) is 31.1. The number of phenolic OH excluding ortho intramolecular Hbond substituents is 1. The van der Waals surface area contributed by atoms with E-state index in [0.29, 0.717) is 60.1 Å². The minimum Gasteiger partial charge on any atom is -0.506 e. The number of likely N-dealkylation sites (tertiary alicyclic amines) is 1. The molecule has 4 heterocycles. The fraction of sp³-hybridized carbons (Fsp3) is 0.667. The van der Waals surface area contributed by atoms with Crippen LogP contribution in [-0.4, -0.2) is 95.3 Å². The van der Waals surface area contributed by atoms with E-state index in [9.17, 15) is 19.5 Å². The molecule has 0 aliphatic carbocycles. The average molecular weight is 716 g/mol. The molecule has 0 bridgehead atoms. The second kappa shape index (κ2) is 16.9. The maximum Gasteiger partial charge on any atom is 0.305 e. The van der Waals surface area contributed by atoms with Crippen molar-refractivity contribution in [1.82, 2.24) is 25.1 Å². The van der Waals surface area contributed by atoms with E-state index in [1.54, 1.807) is 17.4 Å². The van der Waals surface area contributed by atoms with E-state index in [2.05, 4.69) is 47.9 Å². The number of H-pyrrole nitrogens is 1. The van der Waals surface area contributed by atoms with Crippen LogP contribution in [-0.2, 0) is 14.3 Å². The molecule has 2 aliphatic heterocycles. The summed E-state index contributed by atoms with van der Waals surface area (Å²) in [7, 11) is 0. The van der Waals surface area contributed by atoms with E-state index < -0.39 is 6.10 Å². The van der Waals surface area contributed by atoms with Gasteiger partial charge in [0, 0.05) is 43.0 Å². The molecule has 5 rings (SSSR count). The number of hydrogen-bond acceptors (Lipinski definition) is 11. The second-order valence-electron chi connectivity index (χ2n) is 14.7. The topological polar surface area (TPSA) is 137 Å². The fourth-order valence-electron chi connectivity index (χ4n) is 6.99. The van der Waals surface area contributed by atoms with Crippen LogP contribution in [0.25, 0.3) is 10.2 Å². The van der Waals surface area contributed by atoms with Gasteiger partial charge in [-0.25, -0.2) is 4.98 Å². The molecule has 1 atom stereocenters. The number of phenols is 1. The number of carbonyl (C=O) groups is 2. The number of thiazole rings is 2. The lowest BCUT2D eigenvalue weighted by molar-refractivity contribution is -0.133. The molecule has 3 N–H and O–H groups in total. The summed E-state index contributed by atoms with van der Waals surface area (Å²) in [6, 6.07) is 3.22. The van der Waals surface area contributed by atoms with Crippen LogP contribution in [0.4, 0.5) is 0 Å². The lowest BCUT2D eigenvalue weighted by atomic mass is 9.83. The summed E-state index contributed by atoms with van der Waals surface area (Å²) in [6.45, 7) is 15.5. The number of nitrogens with zero attached hydrogens (tertiary/aromatic N) is 3. The van der Waals surface area contributed by atoms with Crippen molar-refractivity contribution in [2.45, 2.75) is 96.7 Å². The summed E-state index contributed by atoms with van der Waals surface area (Å²) in [5, 5.41) is 16.4. The van der Waals surface area contributed by atoms with Crippen LogP contribution in [0.1, 0.15) is 112 Å². The molecule has 0 radical (unpaired) electrons. The minimum absolute atomic E-state index is 0.00106. The summed E-state index contributed by atoms with van der Waals surface area (Å²) in [6.07, 6.45) is 8.34. The van der Waals surface area contributed by atoms with E-state index >= 15 is 0 Å². The lowest BCUT2D eigenvalue weighted by Crippen LogP contribution is -2.58. The number of unbranched alkanes of at least 4 members (excludes halogenated alkanes) is 3. The summed E-state index contributed by atoms with van der Waals surface area (Å²) in [4.78, 5) is 47.8. The van der Waals surface area contributed by atoms with Gasteiger partial charge in [-0.2, -0.15) is 0 Å². The van der Waals surface area contributed by atoms with E-state index in [-0.39, 0.29) is 27.5 Å². The van der Waals surface area contributed by atoms with Gasteiger partial charge in [-0.05, 0) is 56.7 Å². The molecule has 1 aromatic carbocycles. The highest BCUT2D eigenvalue weighted by molar-refractivity contribution is 7.16. The third-order valence-corrected chi connectivity index (χ3v) is 12.2. The maximum atomic E-state index is 13.2. The Balaban J connectivity index is 0.953. The number of hydrogen-bond donors (Lipinski definition) is 3. The molecule has 2 saturated heterocycles. The number of benzene rings is 1. The van der Waals surface area contributed by atoms with E-state index in [1.165, 1.54) is 31.7 Å². The Kier molecular flexibility index (Phi) is 12.9. The summed E-state index contributed by atoms with van der Waals surface area (Å²) < 4.78 is 12.3. The van der Waals surface area contributed by atoms with Gasteiger partial charge in [0.15, 0.2) is 0 Å². The standard InChI is InChI=1S/C36H53N5O6S2/c1-25(2)32-38-27(22-48-32)33(44)41-19-20-47-36(23-41)13-17-40(18-14-36)16-8-6-5-7-11-35(3,4)12-15-37-21-29(46-24-42)26-9-10-28(43)30-31(26)49-34(45)39-30/h9-10,22,24-25,29,37,43H,5-8,11-21,23H2,1-4H3,(H,39,45)/t29-/m0/s1. The van der Waals surface area contributed by atoms with Crippen molar-refractivity contribution in [2.24, 2.45) is 5.41 Å². The number of piperidine rings is 1. The molecular weight excluding hydrogens is 663 g/mol. The van der Waals surface area contributed by atoms with Crippen molar-refractivity contribution in [3.8, 4) is 5.75 Å². The van der Waals surface area contributed by atoms with Gasteiger partial charge < -0.3 is 34.7 Å². The Morgan fingerprint density at radius 2 is 1.96 bits per heavy atom. The van der Waals surface area contributed by atoms with Crippen LogP contribution >= 0.6 is 22.7 Å². The quantitative estimate of drug-likeness (QED) is 0.113. The number of nitrogens with one attached hydrogen (secondary N) is 2. The van der Waals surface area contributed by atoms with Gasteiger partial charge in [-0.3, -0.25) is 14.4 Å². The molecule has 1 spiro atoms. The van der Waals surface area contributed by atoms with Gasteiger partial charge in [-0.15, -0.1) is 11.3 Å². The minimum atomic E-state index is -0.554. The van der Waals surface area contributed by atoms with Gasteiger partial charge >= 0.3 is 4.87 Å². The Labute approximate surface area is 297 Å². The van der Waals surface area contributed by atoms with Crippen LogP contribution in [0, 0.1) is 5.41 Å². The molecule has 0 unspecified atom stereocenters. The third-order valence-electron chi connectivity index (χ3n) is 10.1. The molecule has 2 fully saturated rings. The molecule has 13 heteroatoms. The predicted octanol–water partition coefficient (Wildman–Crippen LogP) is 6.05. The van der Waals surface area contributed by atoms with E-state index in [1.807, 2.05) is 10.3 Å². The first-order valence-electron chi connectivity index (χ1n) is 17.7. The summed E-state index contributed by atoms with van der Waals surface area (Å²) >= 11 is 2.58. The van der Waals surface area contributed by atoms with Gasteiger partial charge in [0.25, 0.3) is 12.4 Å². The number of ether oxygens (including phenoxy) is 2. The third kappa shape index (κ3) is 9.90. The fourth-order valence-corrected chi connectivity index (χ4v) is 8.71. The largest absolute Gasteiger partial charge is 0.506 e. The van der Waals surface area contributed by atoms with Crippen LogP contribution in [0.3, 0.4) is 0 Å². The zero-order chi connectivity index (χ0) is 35.0. The average Bonchev–Trinajstić information content (AvgIpc) is 3.73. The van der Waals surface area contributed by atoms with Crippen molar-refractivity contribution in [3.05, 3.63) is 43.4 Å². The summed E-state index contributed by atoms with van der Waals surface area (Å²) in [5.74, 6) is 0.369. The Morgan fingerprint density at radius 1 is 1.18 bits per heavy atom. The molecule has 3 aromatic rings. The lowest BCUT2D eigenvalue weighted by Gasteiger charge is -2.47. The number of amides is 1. The van der Waals surface area contributed by atoms with Crippen molar-refractivity contribution in [3.63, 3.8) is 0 Å². The SMILES string of the molecule is CC(C)c1nc(C(=O)N2CCOC3(CCN(CCCCCCC(C)(C)CCNC[C@H](OC=O)c4ccc(O)c5[nH]c(=O)sc45)CC3)C2)cs1. The van der Waals surface area contributed by atoms with Gasteiger partial charge in [0.1, 0.15) is 23.1 Å². The first-order valence-corrected chi connectivity index (χ1v) is 19.4. The molecule has 49 heavy (non-hydrogen) atoms. The van der Waals surface area contributed by atoms with Gasteiger partial charge in [0.2, 0.25) is 0 Å². The van der Waals surface area contributed by atoms with Crippen molar-refractivity contribution in [1.29, 1.82) is 0 Å². The highest BCUT2D eigenvalue weighted by Gasteiger charge is 2.41. The van der Waals surface area contributed by atoms with Gasteiger partial charge in [-0.1, -0.05) is 64.4 Å². The number of fused-ring (bicyclic) bond motifs is 1. The zero-order valence-electron chi connectivity index (χ0n) is 29.4. The van der Waals surface area contributed by atoms with Crippen molar-refractivity contribution >= 4 is 45.3 Å². The normalized spacial score (nSPS) is 17.6. The molecule has 2 aromatic heterocycles. The number of aromatic nitrogens is 2. The second-order valence-corrected chi connectivity index (χ2v) is 16.6. The molecule has 0 saturated carbocycles. The Morgan fingerprint density at radius 3 is 2.69 bits per heavy atom. The molecule has 270 valence electrons. The smallest absolute Gasteiger partial charge is 0.305 e. The molecular formula is C36H53N5O6S2. The highest BCUT2D eigenvalue weighted by Crippen LogP contribution is 2.34. The van der Waals surface area contributed by atoms with Crippen molar-refractivity contribution < 1.29 is 24.2 Å².